The highest BCUT2D eigenvalue weighted by Gasteiger charge is 2.45. The van der Waals surface area contributed by atoms with E-state index in [-0.39, 0.29) is 34.7 Å². The van der Waals surface area contributed by atoms with Crippen molar-refractivity contribution >= 4 is 51.4 Å². The van der Waals surface area contributed by atoms with Crippen molar-refractivity contribution in [2.24, 2.45) is 0 Å². The number of allylic oxidation sites excluding steroid dienone is 1. The molecule has 0 bridgehead atoms. The maximum atomic E-state index is 16.7. The van der Waals surface area contributed by atoms with E-state index in [9.17, 15) is 9.59 Å². The third-order valence-corrected chi connectivity index (χ3v) is 10.2. The second-order valence-corrected chi connectivity index (χ2v) is 13.7. The van der Waals surface area contributed by atoms with Gasteiger partial charge in [-0.25, -0.2) is 4.39 Å². The van der Waals surface area contributed by atoms with Gasteiger partial charge in [-0.05, 0) is 69.6 Å². The van der Waals surface area contributed by atoms with Crippen molar-refractivity contribution in [1.29, 1.82) is 0 Å². The number of carbonyl (C=O) groups excluding carboxylic acids is 2. The van der Waals surface area contributed by atoms with Gasteiger partial charge in [-0.1, -0.05) is 48.0 Å². The monoisotopic (exact) mass is 687 g/mol. The van der Waals surface area contributed by atoms with E-state index in [2.05, 4.69) is 14.9 Å². The highest BCUT2D eigenvalue weighted by molar-refractivity contribution is 6.36. The Kier molecular flexibility index (Phi) is 10.3. The number of hydrogen-bond acceptors (Lipinski definition) is 8. The lowest BCUT2D eigenvalue weighted by Crippen LogP contribution is -2.43. The van der Waals surface area contributed by atoms with Crippen LogP contribution >= 0.6 is 11.6 Å². The third-order valence-electron chi connectivity index (χ3n) is 9.91. The molecule has 0 saturated carbocycles. The van der Waals surface area contributed by atoms with Gasteiger partial charge < -0.3 is 19.4 Å². The van der Waals surface area contributed by atoms with E-state index in [1.165, 1.54) is 4.90 Å². The van der Waals surface area contributed by atoms with Crippen molar-refractivity contribution < 1.29 is 18.7 Å². The first-order chi connectivity index (χ1) is 23.7. The van der Waals surface area contributed by atoms with E-state index in [4.69, 9.17) is 21.3 Å². The van der Waals surface area contributed by atoms with E-state index < -0.39 is 5.82 Å². The van der Waals surface area contributed by atoms with E-state index >= 15 is 4.39 Å². The third kappa shape index (κ3) is 6.91. The van der Waals surface area contributed by atoms with Crippen LogP contribution in [0.15, 0.2) is 54.7 Å². The molecule has 0 radical (unpaired) electrons. The number of ether oxygens (including phenoxy) is 1. The molecule has 2 amide bonds. The minimum Gasteiger partial charge on any atom is -0.461 e. The molecule has 1 atom stereocenters. The summed E-state index contributed by atoms with van der Waals surface area (Å²) in [4.78, 5) is 44.0. The standard InChI is InChI=1S/C34H36ClFN6O2.C3H7NO/c1-3-8-27(43)41-18-13-23(20-41)40(2)32-25-19-37-30(24-11-4-9-22-10-5-12-26(35)28(22)24)29(36)31(25)38-33(39-32)44-21-34-14-6-16-42(34)17-7-15-34;1-4(2)3-5/h3-5,8-12,19,23H,6-7,13-18,20-21H2,1-2H3;3H,1-2H3/b8-3+;. The van der Waals surface area contributed by atoms with Crippen molar-refractivity contribution in [3.8, 4) is 17.3 Å². The molecule has 3 fully saturated rings. The van der Waals surface area contributed by atoms with Crippen molar-refractivity contribution in [3.63, 3.8) is 0 Å². The van der Waals surface area contributed by atoms with Crippen molar-refractivity contribution in [1.82, 2.24) is 29.7 Å². The maximum absolute atomic E-state index is 16.7. The molecule has 12 heteroatoms. The number of amides is 2. The summed E-state index contributed by atoms with van der Waals surface area (Å²) in [6, 6.07) is 11.4. The normalized spacial score (nSPS) is 18.5. The number of carbonyl (C=O) groups is 2. The molecule has 258 valence electrons. The quantitative estimate of drug-likeness (QED) is 0.165. The number of likely N-dealkylation sites (tertiary alicyclic amines) is 1. The Morgan fingerprint density at radius 2 is 1.82 bits per heavy atom. The maximum Gasteiger partial charge on any atom is 0.319 e. The first kappa shape index (κ1) is 34.5. The van der Waals surface area contributed by atoms with Gasteiger partial charge in [0, 0.05) is 62.4 Å². The summed E-state index contributed by atoms with van der Waals surface area (Å²) in [5, 5.41) is 2.66. The van der Waals surface area contributed by atoms with Crippen molar-refractivity contribution in [2.75, 3.05) is 58.8 Å². The van der Waals surface area contributed by atoms with Crippen LogP contribution in [-0.4, -0.2) is 107 Å². The lowest BCUT2D eigenvalue weighted by Gasteiger charge is -2.31. The van der Waals surface area contributed by atoms with Gasteiger partial charge >= 0.3 is 6.01 Å². The topological polar surface area (TPSA) is 95.0 Å². The number of pyridine rings is 1. The van der Waals surface area contributed by atoms with Crippen LogP contribution in [0.25, 0.3) is 32.9 Å². The lowest BCUT2D eigenvalue weighted by atomic mass is 9.95. The second-order valence-electron chi connectivity index (χ2n) is 13.3. The number of fused-ring (bicyclic) bond motifs is 3. The molecule has 3 aliphatic rings. The van der Waals surface area contributed by atoms with Crippen LogP contribution in [0.1, 0.15) is 39.0 Å². The van der Waals surface area contributed by atoms with Gasteiger partial charge in [-0.3, -0.25) is 19.5 Å². The summed E-state index contributed by atoms with van der Waals surface area (Å²) in [5.74, 6) is -0.0194. The van der Waals surface area contributed by atoms with Crippen molar-refractivity contribution in [2.45, 2.75) is 50.6 Å². The Morgan fingerprint density at radius 1 is 1.10 bits per heavy atom. The molecule has 5 heterocycles. The smallest absolute Gasteiger partial charge is 0.319 e. The van der Waals surface area contributed by atoms with Crippen LogP contribution in [0.3, 0.4) is 0 Å². The largest absolute Gasteiger partial charge is 0.461 e. The summed E-state index contributed by atoms with van der Waals surface area (Å²) >= 11 is 6.61. The molecule has 0 N–H and O–H groups in total. The van der Waals surface area contributed by atoms with Crippen LogP contribution < -0.4 is 9.64 Å². The summed E-state index contributed by atoms with van der Waals surface area (Å²) < 4.78 is 23.0. The number of likely N-dealkylation sites (N-methyl/N-ethyl adjacent to an activating group) is 1. The number of benzene rings is 2. The highest BCUT2D eigenvalue weighted by Crippen LogP contribution is 2.40. The van der Waals surface area contributed by atoms with Crippen LogP contribution in [0.2, 0.25) is 5.02 Å². The van der Waals surface area contributed by atoms with Crippen LogP contribution in [-0.2, 0) is 9.59 Å². The molecule has 1 unspecified atom stereocenters. The minimum atomic E-state index is -0.547. The molecular formula is C37H43ClFN7O3. The molecule has 10 nitrogen and oxygen atoms in total. The summed E-state index contributed by atoms with van der Waals surface area (Å²) in [5.41, 5.74) is 0.919. The minimum absolute atomic E-state index is 0.00600. The number of aromatic nitrogens is 3. The van der Waals surface area contributed by atoms with E-state index in [1.807, 2.05) is 54.1 Å². The first-order valence-electron chi connectivity index (χ1n) is 16.8. The molecule has 7 rings (SSSR count). The van der Waals surface area contributed by atoms with Crippen LogP contribution in [0.5, 0.6) is 6.01 Å². The van der Waals surface area contributed by atoms with Crippen LogP contribution in [0.4, 0.5) is 10.2 Å². The zero-order chi connectivity index (χ0) is 34.7. The number of rotatable bonds is 8. The molecule has 2 aromatic heterocycles. The SMILES string of the molecule is C/C=C/C(=O)N1CCC(N(C)c2nc(OCC34CCCN3CCC4)nc3c(F)c(-c4cccc5cccc(Cl)c45)ncc23)C1.CN(C)C=O. The van der Waals surface area contributed by atoms with Gasteiger partial charge in [0.15, 0.2) is 5.82 Å². The lowest BCUT2D eigenvalue weighted by molar-refractivity contribution is -0.125. The summed E-state index contributed by atoms with van der Waals surface area (Å²) in [6.45, 7) is 5.65. The van der Waals surface area contributed by atoms with Gasteiger partial charge in [0.05, 0.1) is 10.9 Å². The first-order valence-corrected chi connectivity index (χ1v) is 17.2. The Hall–Kier alpha value is -4.35. The fourth-order valence-electron chi connectivity index (χ4n) is 7.37. The number of hydrogen-bond donors (Lipinski definition) is 0. The van der Waals surface area contributed by atoms with Gasteiger partial charge in [0.1, 0.15) is 23.6 Å². The summed E-state index contributed by atoms with van der Waals surface area (Å²) in [6.07, 6.45) is 11.0. The van der Waals surface area contributed by atoms with Gasteiger partial charge in [-0.15, -0.1) is 0 Å². The fourth-order valence-corrected chi connectivity index (χ4v) is 7.66. The molecule has 3 aliphatic heterocycles. The van der Waals surface area contributed by atoms with Crippen molar-refractivity contribution in [3.05, 3.63) is 65.6 Å². The number of nitrogens with zero attached hydrogens (tertiary/aromatic N) is 7. The molecule has 49 heavy (non-hydrogen) atoms. The number of halogens is 2. The average Bonchev–Trinajstić information content (AvgIpc) is 3.84. The molecule has 3 saturated heterocycles. The predicted octanol–water partition coefficient (Wildman–Crippen LogP) is 5.96. The Labute approximate surface area is 291 Å². The number of anilines is 1. The Morgan fingerprint density at radius 3 is 2.51 bits per heavy atom. The molecule has 0 aliphatic carbocycles. The zero-order valence-corrected chi connectivity index (χ0v) is 29.3. The van der Waals surface area contributed by atoms with Crippen LogP contribution in [0, 0.1) is 5.82 Å². The van der Waals surface area contributed by atoms with E-state index in [1.54, 1.807) is 38.5 Å². The Balaban J connectivity index is 0.000000778. The van der Waals surface area contributed by atoms with E-state index in [0.717, 1.165) is 62.4 Å². The molecular weight excluding hydrogens is 645 g/mol. The molecule has 2 aromatic carbocycles. The highest BCUT2D eigenvalue weighted by atomic mass is 35.5. The van der Waals surface area contributed by atoms with Gasteiger partial charge in [-0.2, -0.15) is 9.97 Å². The molecule has 0 spiro atoms. The zero-order valence-electron chi connectivity index (χ0n) is 28.5. The Bertz CT molecular complexity index is 1870. The van der Waals surface area contributed by atoms with E-state index in [0.29, 0.717) is 41.5 Å². The average molecular weight is 688 g/mol. The predicted molar refractivity (Wildman–Crippen MR) is 191 cm³/mol. The van der Waals surface area contributed by atoms with Gasteiger partial charge in [0.2, 0.25) is 12.3 Å². The van der Waals surface area contributed by atoms with Gasteiger partial charge in [0.25, 0.3) is 0 Å². The second kappa shape index (κ2) is 14.6. The summed E-state index contributed by atoms with van der Waals surface area (Å²) in [7, 11) is 5.31. The fraction of sp³-hybridized carbons (Fsp3) is 0.432. The molecule has 4 aromatic rings.